The van der Waals surface area contributed by atoms with E-state index in [0.29, 0.717) is 29.2 Å². The monoisotopic (exact) mass is 362 g/mol. The highest BCUT2D eigenvalue weighted by Crippen LogP contribution is 2.31. The Morgan fingerprint density at radius 2 is 1.70 bits per heavy atom. The minimum Gasteiger partial charge on any atom is -0.349 e. The molecule has 5 heteroatoms. The fourth-order valence-corrected chi connectivity index (χ4v) is 3.71. The van der Waals surface area contributed by atoms with Crippen LogP contribution < -0.4 is 10.6 Å². The van der Waals surface area contributed by atoms with Crippen LogP contribution in [0.1, 0.15) is 28.8 Å². The maximum absolute atomic E-state index is 14.0. The van der Waals surface area contributed by atoms with Crippen molar-refractivity contribution < 1.29 is 14.0 Å². The number of amides is 2. The molecule has 4 rings (SSSR count). The first kappa shape index (κ1) is 17.2. The largest absolute Gasteiger partial charge is 0.349 e. The topological polar surface area (TPSA) is 58.2 Å². The van der Waals surface area contributed by atoms with Crippen molar-refractivity contribution in [1.82, 2.24) is 10.6 Å². The Morgan fingerprint density at radius 3 is 2.41 bits per heavy atom. The molecule has 3 aromatic rings. The van der Waals surface area contributed by atoms with Crippen molar-refractivity contribution in [3.8, 4) is 0 Å². The van der Waals surface area contributed by atoms with E-state index in [1.54, 1.807) is 24.3 Å². The van der Waals surface area contributed by atoms with E-state index in [-0.39, 0.29) is 24.2 Å². The van der Waals surface area contributed by atoms with Crippen molar-refractivity contribution in [2.75, 3.05) is 6.54 Å². The molecule has 1 atom stereocenters. The van der Waals surface area contributed by atoms with Crippen LogP contribution in [-0.2, 0) is 10.3 Å². The summed E-state index contributed by atoms with van der Waals surface area (Å²) >= 11 is 0. The third-order valence-electron chi connectivity index (χ3n) is 5.15. The van der Waals surface area contributed by atoms with Gasteiger partial charge in [-0.05, 0) is 29.5 Å². The Hall–Kier alpha value is -3.21. The smallest absolute Gasteiger partial charge is 0.252 e. The third kappa shape index (κ3) is 3.16. The first-order valence-electron chi connectivity index (χ1n) is 8.91. The molecule has 2 N–H and O–H groups in total. The fraction of sp³-hybridized carbons (Fsp3) is 0.182. The molecule has 136 valence electrons. The highest BCUT2D eigenvalue weighted by molar-refractivity contribution is 6.07. The summed E-state index contributed by atoms with van der Waals surface area (Å²) < 4.78 is 14.0. The van der Waals surface area contributed by atoms with Gasteiger partial charge in [0, 0.05) is 23.9 Å². The second-order valence-corrected chi connectivity index (χ2v) is 6.82. The molecule has 1 heterocycles. The van der Waals surface area contributed by atoms with Crippen LogP contribution in [0.2, 0.25) is 0 Å². The molecule has 1 unspecified atom stereocenters. The second kappa shape index (κ2) is 6.83. The summed E-state index contributed by atoms with van der Waals surface area (Å²) in [6, 6.07) is 19.4. The predicted molar refractivity (Wildman–Crippen MR) is 102 cm³/mol. The lowest BCUT2D eigenvalue weighted by molar-refractivity contribution is -0.119. The maximum Gasteiger partial charge on any atom is 0.252 e. The van der Waals surface area contributed by atoms with Gasteiger partial charge in [-0.25, -0.2) is 4.39 Å². The summed E-state index contributed by atoms with van der Waals surface area (Å²) in [5, 5.41) is 6.94. The van der Waals surface area contributed by atoms with Gasteiger partial charge >= 0.3 is 0 Å². The van der Waals surface area contributed by atoms with E-state index in [0.717, 1.165) is 5.56 Å². The van der Waals surface area contributed by atoms with E-state index in [1.807, 2.05) is 30.3 Å². The highest BCUT2D eigenvalue weighted by atomic mass is 19.1. The van der Waals surface area contributed by atoms with Gasteiger partial charge in [0.05, 0.1) is 5.54 Å². The zero-order chi connectivity index (χ0) is 18.9. The van der Waals surface area contributed by atoms with Crippen molar-refractivity contribution >= 4 is 22.6 Å². The average Bonchev–Trinajstić information content (AvgIpc) is 3.09. The Kier molecular flexibility index (Phi) is 4.36. The minimum atomic E-state index is -0.621. The molecule has 0 aliphatic carbocycles. The number of benzene rings is 3. The van der Waals surface area contributed by atoms with Crippen LogP contribution in [0.15, 0.2) is 66.7 Å². The van der Waals surface area contributed by atoms with Crippen molar-refractivity contribution in [3.63, 3.8) is 0 Å². The van der Waals surface area contributed by atoms with E-state index in [2.05, 4.69) is 10.6 Å². The zero-order valence-corrected chi connectivity index (χ0v) is 14.7. The first-order chi connectivity index (χ1) is 13.1. The summed E-state index contributed by atoms with van der Waals surface area (Å²) in [6.45, 7) is 0.271. The molecule has 3 aromatic carbocycles. The van der Waals surface area contributed by atoms with E-state index < -0.39 is 5.54 Å². The summed E-state index contributed by atoms with van der Waals surface area (Å²) in [6.07, 6.45) is 1.03. The molecular weight excluding hydrogens is 343 g/mol. The van der Waals surface area contributed by atoms with Gasteiger partial charge in [-0.3, -0.25) is 9.59 Å². The normalized spacial score (nSPS) is 19.1. The number of rotatable bonds is 4. The zero-order valence-electron chi connectivity index (χ0n) is 14.7. The third-order valence-corrected chi connectivity index (χ3v) is 5.15. The van der Waals surface area contributed by atoms with E-state index in [4.69, 9.17) is 0 Å². The van der Waals surface area contributed by atoms with Crippen LogP contribution in [-0.4, -0.2) is 18.4 Å². The molecule has 2 amide bonds. The molecule has 0 bridgehead atoms. The van der Waals surface area contributed by atoms with Gasteiger partial charge in [0.2, 0.25) is 5.91 Å². The quantitative estimate of drug-likeness (QED) is 0.746. The average molecular weight is 362 g/mol. The Balaban J connectivity index is 1.62. The van der Waals surface area contributed by atoms with Crippen LogP contribution in [0, 0.1) is 5.82 Å². The van der Waals surface area contributed by atoms with Crippen molar-refractivity contribution in [2.45, 2.75) is 18.4 Å². The number of fused-ring (bicyclic) bond motifs is 1. The number of carbonyl (C=O) groups excluding carboxylic acids is 2. The Morgan fingerprint density at radius 1 is 1.00 bits per heavy atom. The van der Waals surface area contributed by atoms with Gasteiger partial charge in [0.1, 0.15) is 5.82 Å². The summed E-state index contributed by atoms with van der Waals surface area (Å²) in [5.41, 5.74) is 0.753. The van der Waals surface area contributed by atoms with E-state index in [9.17, 15) is 14.0 Å². The molecule has 1 saturated heterocycles. The van der Waals surface area contributed by atoms with E-state index >= 15 is 0 Å². The van der Waals surface area contributed by atoms with Crippen molar-refractivity contribution in [1.29, 1.82) is 0 Å². The summed E-state index contributed by atoms with van der Waals surface area (Å²) in [5.74, 6) is -0.672. The van der Waals surface area contributed by atoms with Crippen LogP contribution in [0.3, 0.4) is 0 Å². The summed E-state index contributed by atoms with van der Waals surface area (Å²) in [7, 11) is 0. The molecule has 1 aliphatic rings. The van der Waals surface area contributed by atoms with Crippen LogP contribution in [0.25, 0.3) is 10.8 Å². The number of nitrogens with one attached hydrogen (secondary N) is 2. The molecular formula is C22H19FN2O2. The second-order valence-electron chi connectivity index (χ2n) is 6.82. The summed E-state index contributed by atoms with van der Waals surface area (Å²) in [4.78, 5) is 24.7. The lowest BCUT2D eigenvalue weighted by atomic mass is 9.88. The lowest BCUT2D eigenvalue weighted by Crippen LogP contribution is -2.48. The van der Waals surface area contributed by atoms with Crippen LogP contribution in [0.4, 0.5) is 4.39 Å². The van der Waals surface area contributed by atoms with Gasteiger partial charge in [-0.15, -0.1) is 0 Å². The molecule has 0 radical (unpaired) electrons. The van der Waals surface area contributed by atoms with Crippen molar-refractivity contribution in [2.24, 2.45) is 0 Å². The minimum absolute atomic E-state index is 0.0275. The lowest BCUT2D eigenvalue weighted by Gasteiger charge is -2.30. The number of halogens is 1. The van der Waals surface area contributed by atoms with Gasteiger partial charge < -0.3 is 10.6 Å². The molecule has 0 spiro atoms. The predicted octanol–water partition coefficient (Wildman–Crippen LogP) is 3.51. The molecule has 27 heavy (non-hydrogen) atoms. The van der Waals surface area contributed by atoms with Gasteiger partial charge in [0.25, 0.3) is 5.91 Å². The van der Waals surface area contributed by atoms with Crippen LogP contribution >= 0.6 is 0 Å². The first-order valence-corrected chi connectivity index (χ1v) is 8.91. The maximum atomic E-state index is 14.0. The molecule has 1 aliphatic heterocycles. The fourth-order valence-electron chi connectivity index (χ4n) is 3.71. The SMILES string of the molecule is O=C1CCC(CNC(=O)c2ccc(F)c3ccccc23)(c2ccccc2)N1. The van der Waals surface area contributed by atoms with Crippen LogP contribution in [0.5, 0.6) is 0 Å². The van der Waals surface area contributed by atoms with Gasteiger partial charge in [-0.1, -0.05) is 54.6 Å². The Labute approximate surface area is 156 Å². The molecule has 1 fully saturated rings. The molecule has 0 aromatic heterocycles. The number of hydrogen-bond acceptors (Lipinski definition) is 2. The van der Waals surface area contributed by atoms with Gasteiger partial charge in [0.15, 0.2) is 0 Å². The van der Waals surface area contributed by atoms with E-state index in [1.165, 1.54) is 12.1 Å². The molecule has 4 nitrogen and oxygen atoms in total. The Bertz CT molecular complexity index is 1020. The van der Waals surface area contributed by atoms with Crippen molar-refractivity contribution in [3.05, 3.63) is 83.7 Å². The molecule has 0 saturated carbocycles. The number of carbonyl (C=O) groups is 2. The van der Waals surface area contributed by atoms with Gasteiger partial charge in [-0.2, -0.15) is 0 Å². The highest BCUT2D eigenvalue weighted by Gasteiger charge is 2.39. The standard InChI is InChI=1S/C22H19FN2O2/c23-19-11-10-18(16-8-4-5-9-17(16)19)21(27)24-14-22(13-12-20(26)25-22)15-6-2-1-3-7-15/h1-11H,12-14H2,(H,24,27)(H,25,26). The number of hydrogen-bond donors (Lipinski definition) is 2.